The van der Waals surface area contributed by atoms with Crippen molar-refractivity contribution in [1.82, 2.24) is 14.9 Å². The summed E-state index contributed by atoms with van der Waals surface area (Å²) in [5.74, 6) is 1.63. The lowest BCUT2D eigenvalue weighted by atomic mass is 9.85. The number of carbonyl (C=O) groups is 1. The Kier molecular flexibility index (Phi) is 6.68. The van der Waals surface area contributed by atoms with E-state index in [9.17, 15) is 4.79 Å². The molecular weight excluding hydrogens is 400 g/mol. The van der Waals surface area contributed by atoms with Crippen LogP contribution in [0, 0.1) is 5.92 Å². The van der Waals surface area contributed by atoms with Gasteiger partial charge in [-0.3, -0.25) is 4.90 Å². The van der Waals surface area contributed by atoms with E-state index in [1.165, 1.54) is 30.5 Å². The Bertz CT molecular complexity index is 1070. The van der Waals surface area contributed by atoms with Gasteiger partial charge in [0.15, 0.2) is 0 Å². The Balaban J connectivity index is 1.64. The van der Waals surface area contributed by atoms with Gasteiger partial charge in [0.2, 0.25) is 0 Å². The van der Waals surface area contributed by atoms with Gasteiger partial charge in [0, 0.05) is 37.1 Å². The zero-order valence-corrected chi connectivity index (χ0v) is 19.6. The molecule has 1 aliphatic rings. The molecule has 0 bridgehead atoms. The minimum Gasteiger partial charge on any atom is -0.494 e. The third-order valence-electron chi connectivity index (χ3n) is 6.19. The topological polar surface area (TPSA) is 59.4 Å². The number of aromatic nitrogens is 2. The van der Waals surface area contributed by atoms with Gasteiger partial charge in [-0.2, -0.15) is 0 Å². The van der Waals surface area contributed by atoms with Gasteiger partial charge in [0.25, 0.3) is 0 Å². The molecule has 2 heterocycles. The lowest BCUT2D eigenvalue weighted by molar-refractivity contribution is 0.245. The summed E-state index contributed by atoms with van der Waals surface area (Å²) in [5.41, 5.74) is 4.30. The van der Waals surface area contributed by atoms with E-state index in [0.29, 0.717) is 6.61 Å². The summed E-state index contributed by atoms with van der Waals surface area (Å²) in [7, 11) is 1.78. The van der Waals surface area contributed by atoms with E-state index >= 15 is 0 Å². The van der Waals surface area contributed by atoms with Crippen molar-refractivity contribution in [1.29, 1.82) is 0 Å². The molecule has 1 saturated carbocycles. The van der Waals surface area contributed by atoms with E-state index in [4.69, 9.17) is 9.72 Å². The summed E-state index contributed by atoms with van der Waals surface area (Å²) in [6.07, 6.45) is 6.55. The van der Waals surface area contributed by atoms with E-state index in [2.05, 4.69) is 34.1 Å². The SMILES string of the molecule is CCOc1ccc(Cc2cc3cc(N(C)C(=O)NC(C)C)cnc3n2CC2CCC2)cc1. The molecule has 0 radical (unpaired) electrons. The first kappa shape index (κ1) is 22.2. The predicted octanol–water partition coefficient (Wildman–Crippen LogP) is 5.38. The van der Waals surface area contributed by atoms with E-state index in [1.54, 1.807) is 18.1 Å². The molecule has 1 aliphatic carbocycles. The Hall–Kier alpha value is -3.02. The van der Waals surface area contributed by atoms with Crippen molar-refractivity contribution in [2.45, 2.75) is 59.0 Å². The highest BCUT2D eigenvalue weighted by atomic mass is 16.5. The molecule has 0 spiro atoms. The quantitative estimate of drug-likeness (QED) is 0.518. The van der Waals surface area contributed by atoms with Crippen LogP contribution in [-0.4, -0.2) is 35.3 Å². The molecular formula is C26H34N4O2. The van der Waals surface area contributed by atoms with Gasteiger partial charge in [-0.05, 0) is 69.4 Å². The molecule has 2 amide bonds. The number of hydrogen-bond acceptors (Lipinski definition) is 3. The highest BCUT2D eigenvalue weighted by Gasteiger charge is 2.22. The molecule has 0 unspecified atom stereocenters. The summed E-state index contributed by atoms with van der Waals surface area (Å²) >= 11 is 0. The average Bonchev–Trinajstić information content (AvgIpc) is 3.07. The lowest BCUT2D eigenvalue weighted by Crippen LogP contribution is -2.40. The first-order chi connectivity index (χ1) is 15.4. The number of rotatable bonds is 8. The molecule has 3 aromatic rings. The third-order valence-corrected chi connectivity index (χ3v) is 6.19. The summed E-state index contributed by atoms with van der Waals surface area (Å²) in [4.78, 5) is 18.9. The fourth-order valence-electron chi connectivity index (χ4n) is 4.20. The number of hydrogen-bond donors (Lipinski definition) is 1. The van der Waals surface area contributed by atoms with Crippen LogP contribution in [0.5, 0.6) is 5.75 Å². The van der Waals surface area contributed by atoms with Crippen LogP contribution in [0.1, 0.15) is 51.3 Å². The van der Waals surface area contributed by atoms with Crippen LogP contribution in [0.4, 0.5) is 10.5 Å². The first-order valence-corrected chi connectivity index (χ1v) is 11.7. The standard InChI is InChI=1S/C26H34N4O2/c1-5-32-24-11-9-19(10-12-24)13-22-14-21-15-23(29(4)26(31)28-18(2)3)16-27-25(21)30(22)17-20-7-6-8-20/h9-12,14-16,18,20H,5-8,13,17H2,1-4H3,(H,28,31). The summed E-state index contributed by atoms with van der Waals surface area (Å²) in [6.45, 7) is 7.60. The Morgan fingerprint density at radius 3 is 2.62 bits per heavy atom. The Labute approximate surface area is 190 Å². The van der Waals surface area contributed by atoms with Gasteiger partial charge in [-0.25, -0.2) is 9.78 Å². The molecule has 1 aromatic carbocycles. The second kappa shape index (κ2) is 9.63. The van der Waals surface area contributed by atoms with Crippen molar-refractivity contribution in [2.24, 2.45) is 5.92 Å². The van der Waals surface area contributed by atoms with Gasteiger partial charge < -0.3 is 14.6 Å². The average molecular weight is 435 g/mol. The van der Waals surface area contributed by atoms with Crippen molar-refractivity contribution in [3.63, 3.8) is 0 Å². The van der Waals surface area contributed by atoms with Gasteiger partial charge in [-0.15, -0.1) is 0 Å². The normalized spacial score (nSPS) is 13.9. The largest absolute Gasteiger partial charge is 0.494 e. The van der Waals surface area contributed by atoms with Gasteiger partial charge >= 0.3 is 6.03 Å². The molecule has 1 N–H and O–H groups in total. The smallest absolute Gasteiger partial charge is 0.321 e. The fraction of sp³-hybridized carbons (Fsp3) is 0.462. The number of urea groups is 1. The number of fused-ring (bicyclic) bond motifs is 1. The van der Waals surface area contributed by atoms with E-state index in [1.807, 2.05) is 32.9 Å². The zero-order valence-electron chi connectivity index (χ0n) is 19.6. The van der Waals surface area contributed by atoms with Crippen molar-refractivity contribution in [2.75, 3.05) is 18.6 Å². The summed E-state index contributed by atoms with van der Waals surface area (Å²) in [5, 5.41) is 4.01. The van der Waals surface area contributed by atoms with Gasteiger partial charge in [-0.1, -0.05) is 18.6 Å². The molecule has 0 atom stereocenters. The molecule has 6 heteroatoms. The van der Waals surface area contributed by atoms with E-state index < -0.39 is 0 Å². The fourth-order valence-corrected chi connectivity index (χ4v) is 4.20. The first-order valence-electron chi connectivity index (χ1n) is 11.7. The Morgan fingerprint density at radius 2 is 2.00 bits per heavy atom. The minimum absolute atomic E-state index is 0.0888. The maximum absolute atomic E-state index is 12.4. The number of carbonyl (C=O) groups excluding carboxylic acids is 1. The van der Waals surface area contributed by atoms with Crippen LogP contribution in [0.3, 0.4) is 0 Å². The van der Waals surface area contributed by atoms with E-state index in [0.717, 1.165) is 41.4 Å². The highest BCUT2D eigenvalue weighted by Crippen LogP contribution is 2.32. The second-order valence-corrected chi connectivity index (χ2v) is 9.07. The number of pyridine rings is 1. The minimum atomic E-state index is -0.121. The molecule has 170 valence electrons. The molecule has 2 aromatic heterocycles. The highest BCUT2D eigenvalue weighted by molar-refractivity contribution is 5.93. The molecule has 4 rings (SSSR count). The maximum Gasteiger partial charge on any atom is 0.321 e. The molecule has 0 aliphatic heterocycles. The number of ether oxygens (including phenoxy) is 1. The summed E-state index contributed by atoms with van der Waals surface area (Å²) < 4.78 is 7.97. The van der Waals surface area contributed by atoms with Crippen LogP contribution < -0.4 is 15.0 Å². The van der Waals surface area contributed by atoms with Gasteiger partial charge in [0.1, 0.15) is 11.4 Å². The zero-order chi connectivity index (χ0) is 22.7. The van der Waals surface area contributed by atoms with Crippen LogP contribution in [0.15, 0.2) is 42.6 Å². The lowest BCUT2D eigenvalue weighted by Gasteiger charge is -2.27. The molecule has 0 saturated heterocycles. The number of amides is 2. The van der Waals surface area contributed by atoms with Crippen LogP contribution in [-0.2, 0) is 13.0 Å². The van der Waals surface area contributed by atoms with Crippen molar-refractivity contribution in [3.05, 3.63) is 53.9 Å². The number of anilines is 1. The number of benzene rings is 1. The van der Waals surface area contributed by atoms with Crippen LogP contribution in [0.25, 0.3) is 11.0 Å². The predicted molar refractivity (Wildman–Crippen MR) is 130 cm³/mol. The van der Waals surface area contributed by atoms with Crippen LogP contribution >= 0.6 is 0 Å². The van der Waals surface area contributed by atoms with Crippen molar-refractivity contribution < 1.29 is 9.53 Å². The maximum atomic E-state index is 12.4. The number of nitrogens with one attached hydrogen (secondary N) is 1. The van der Waals surface area contributed by atoms with Crippen LogP contribution in [0.2, 0.25) is 0 Å². The van der Waals surface area contributed by atoms with E-state index in [-0.39, 0.29) is 12.1 Å². The second-order valence-electron chi connectivity index (χ2n) is 9.07. The molecule has 32 heavy (non-hydrogen) atoms. The number of nitrogens with zero attached hydrogens (tertiary/aromatic N) is 3. The summed E-state index contributed by atoms with van der Waals surface area (Å²) in [6, 6.07) is 12.6. The van der Waals surface area contributed by atoms with Crippen molar-refractivity contribution >= 4 is 22.8 Å². The third kappa shape index (κ3) is 4.90. The Morgan fingerprint density at radius 1 is 1.25 bits per heavy atom. The monoisotopic (exact) mass is 434 g/mol. The van der Waals surface area contributed by atoms with Gasteiger partial charge in [0.05, 0.1) is 18.5 Å². The molecule has 1 fully saturated rings. The van der Waals surface area contributed by atoms with Crippen molar-refractivity contribution in [3.8, 4) is 5.75 Å². The molecule has 6 nitrogen and oxygen atoms in total.